The lowest BCUT2D eigenvalue weighted by Crippen LogP contribution is -2.05. The third-order valence-electron chi connectivity index (χ3n) is 6.63. The van der Waals surface area contributed by atoms with Crippen molar-refractivity contribution in [2.24, 2.45) is 5.92 Å². The van der Waals surface area contributed by atoms with Crippen molar-refractivity contribution in [2.75, 3.05) is 0 Å². The maximum absolute atomic E-state index is 4.76. The van der Waals surface area contributed by atoms with Crippen molar-refractivity contribution in [2.45, 2.75) is 51.9 Å². The van der Waals surface area contributed by atoms with Gasteiger partial charge in [-0.3, -0.25) is 4.40 Å². The molecule has 2 atom stereocenters. The lowest BCUT2D eigenvalue weighted by Gasteiger charge is -2.17. The summed E-state index contributed by atoms with van der Waals surface area (Å²) in [4.78, 5) is 4.76. The van der Waals surface area contributed by atoms with Gasteiger partial charge in [-0.1, -0.05) is 51.5 Å². The molecule has 1 aliphatic carbocycles. The number of aryl methyl sites for hydroxylation is 1. The molecule has 2 heterocycles. The Morgan fingerprint density at radius 2 is 2.04 bits per heavy atom. The number of imidazole rings is 1. The summed E-state index contributed by atoms with van der Waals surface area (Å²) in [6.45, 7) is 7.04. The summed E-state index contributed by atoms with van der Waals surface area (Å²) in [5.41, 5.74) is 5.57. The highest BCUT2D eigenvalue weighted by Gasteiger charge is 2.48. The molecule has 26 heavy (non-hydrogen) atoms. The number of hydrogen-bond donors (Lipinski definition) is 0. The summed E-state index contributed by atoms with van der Waals surface area (Å²) in [6.07, 6.45) is 8.96. The summed E-state index contributed by atoms with van der Waals surface area (Å²) < 4.78 is 2.28. The first-order chi connectivity index (χ1) is 12.6. The van der Waals surface area contributed by atoms with Crippen LogP contribution in [0.15, 0.2) is 48.8 Å². The minimum Gasteiger partial charge on any atom is -0.299 e. The number of aromatic nitrogens is 2. The number of pyridine rings is 1. The van der Waals surface area contributed by atoms with Crippen molar-refractivity contribution in [1.29, 1.82) is 0 Å². The molecule has 0 radical (unpaired) electrons. The largest absolute Gasteiger partial charge is 0.299 e. The van der Waals surface area contributed by atoms with Gasteiger partial charge < -0.3 is 0 Å². The Morgan fingerprint density at radius 3 is 2.81 bits per heavy atom. The number of hydrogen-bond acceptors (Lipinski definition) is 1. The summed E-state index contributed by atoms with van der Waals surface area (Å²) in [6, 6.07) is 13.8. The highest BCUT2D eigenvalue weighted by atomic mass is 15.0. The number of benzene rings is 2. The maximum Gasteiger partial charge on any atom is 0.145 e. The first kappa shape index (κ1) is 15.9. The molecule has 4 aromatic rings. The van der Waals surface area contributed by atoms with Crippen molar-refractivity contribution in [1.82, 2.24) is 9.38 Å². The molecular formula is C24H26N2. The lowest BCUT2D eigenvalue weighted by molar-refractivity contribution is 0.708. The van der Waals surface area contributed by atoms with Gasteiger partial charge in [0.25, 0.3) is 0 Å². The Labute approximate surface area is 154 Å². The highest BCUT2D eigenvalue weighted by Crippen LogP contribution is 2.55. The van der Waals surface area contributed by atoms with Gasteiger partial charge >= 0.3 is 0 Å². The van der Waals surface area contributed by atoms with Crippen molar-refractivity contribution >= 4 is 27.3 Å². The zero-order valence-corrected chi connectivity index (χ0v) is 15.9. The van der Waals surface area contributed by atoms with E-state index in [2.05, 4.69) is 67.8 Å². The molecule has 2 aromatic heterocycles. The van der Waals surface area contributed by atoms with E-state index >= 15 is 0 Å². The molecule has 5 rings (SSSR count). The van der Waals surface area contributed by atoms with Gasteiger partial charge in [-0.2, -0.15) is 0 Å². The fourth-order valence-electron chi connectivity index (χ4n) is 4.67. The SMILES string of the molecule is CCCCc1ccc2c(c1)c1cccc(C3(C)C[C@@H]3C)c1c1nccn21. The van der Waals surface area contributed by atoms with Crippen LogP contribution in [-0.2, 0) is 11.8 Å². The average molecular weight is 342 g/mol. The normalized spacial score (nSPS) is 22.5. The Morgan fingerprint density at radius 1 is 1.19 bits per heavy atom. The fraction of sp³-hybridized carbons (Fsp3) is 0.375. The van der Waals surface area contributed by atoms with Gasteiger partial charge in [0.2, 0.25) is 0 Å². The zero-order valence-electron chi connectivity index (χ0n) is 15.9. The van der Waals surface area contributed by atoms with Crippen LogP contribution >= 0.6 is 0 Å². The van der Waals surface area contributed by atoms with Crippen LogP contribution in [0.3, 0.4) is 0 Å². The Kier molecular flexibility index (Phi) is 3.40. The molecule has 0 amide bonds. The highest BCUT2D eigenvalue weighted by molar-refractivity contribution is 6.13. The molecular weight excluding hydrogens is 316 g/mol. The molecule has 2 nitrogen and oxygen atoms in total. The number of unbranched alkanes of at least 4 members (excludes halogenated alkanes) is 1. The third kappa shape index (κ3) is 2.14. The number of rotatable bonds is 4. The molecule has 1 fully saturated rings. The van der Waals surface area contributed by atoms with Crippen molar-refractivity contribution < 1.29 is 0 Å². The molecule has 2 heteroatoms. The van der Waals surface area contributed by atoms with Gasteiger partial charge in [0.1, 0.15) is 5.65 Å². The Bertz CT molecular complexity index is 1140. The monoisotopic (exact) mass is 342 g/mol. The maximum atomic E-state index is 4.76. The van der Waals surface area contributed by atoms with E-state index in [0.717, 1.165) is 18.0 Å². The third-order valence-corrected chi connectivity index (χ3v) is 6.63. The Hall–Kier alpha value is -2.35. The van der Waals surface area contributed by atoms with Crippen LogP contribution < -0.4 is 0 Å². The molecule has 1 saturated carbocycles. The molecule has 0 aliphatic heterocycles. The van der Waals surface area contributed by atoms with Crippen molar-refractivity contribution in [3.63, 3.8) is 0 Å². The molecule has 0 N–H and O–H groups in total. The van der Waals surface area contributed by atoms with Crippen LogP contribution in [0.4, 0.5) is 0 Å². The van der Waals surface area contributed by atoms with E-state index in [1.165, 1.54) is 52.1 Å². The average Bonchev–Trinajstić information content (AvgIpc) is 3.07. The van der Waals surface area contributed by atoms with E-state index in [4.69, 9.17) is 4.98 Å². The van der Waals surface area contributed by atoms with E-state index in [0.29, 0.717) is 5.41 Å². The van der Waals surface area contributed by atoms with Gasteiger partial charge in [-0.05, 0) is 59.2 Å². The second-order valence-corrected chi connectivity index (χ2v) is 8.33. The first-order valence-corrected chi connectivity index (χ1v) is 9.94. The van der Waals surface area contributed by atoms with E-state index in [1.807, 2.05) is 6.20 Å². The second kappa shape index (κ2) is 5.57. The van der Waals surface area contributed by atoms with E-state index in [9.17, 15) is 0 Å². The molecule has 0 bridgehead atoms. The quantitative estimate of drug-likeness (QED) is 0.399. The van der Waals surface area contributed by atoms with Crippen molar-refractivity contribution in [3.8, 4) is 0 Å². The number of nitrogens with zero attached hydrogens (tertiary/aromatic N) is 2. The first-order valence-electron chi connectivity index (χ1n) is 9.94. The van der Waals surface area contributed by atoms with Crippen LogP contribution in [-0.4, -0.2) is 9.38 Å². The fourth-order valence-corrected chi connectivity index (χ4v) is 4.67. The van der Waals surface area contributed by atoms with Crippen LogP contribution in [0.1, 0.15) is 51.2 Å². The summed E-state index contributed by atoms with van der Waals surface area (Å²) in [5, 5.41) is 4.07. The van der Waals surface area contributed by atoms with Gasteiger partial charge in [0.05, 0.1) is 5.52 Å². The van der Waals surface area contributed by atoms with Crippen LogP contribution in [0.25, 0.3) is 27.3 Å². The van der Waals surface area contributed by atoms with E-state index in [1.54, 1.807) is 0 Å². The van der Waals surface area contributed by atoms with E-state index < -0.39 is 0 Å². The van der Waals surface area contributed by atoms with Crippen molar-refractivity contribution in [3.05, 3.63) is 59.9 Å². The van der Waals surface area contributed by atoms with Crippen LogP contribution in [0.5, 0.6) is 0 Å². The van der Waals surface area contributed by atoms with Gasteiger partial charge in [0, 0.05) is 23.2 Å². The molecule has 0 spiro atoms. The predicted octanol–water partition coefficient (Wildman–Crippen LogP) is 6.28. The number of fused-ring (bicyclic) bond motifs is 6. The topological polar surface area (TPSA) is 17.3 Å². The molecule has 2 aromatic carbocycles. The second-order valence-electron chi connectivity index (χ2n) is 8.33. The van der Waals surface area contributed by atoms with E-state index in [-0.39, 0.29) is 0 Å². The van der Waals surface area contributed by atoms with Gasteiger partial charge in [0.15, 0.2) is 0 Å². The molecule has 0 saturated heterocycles. The van der Waals surface area contributed by atoms with Crippen LogP contribution in [0, 0.1) is 5.92 Å². The summed E-state index contributed by atoms with van der Waals surface area (Å²) in [7, 11) is 0. The minimum atomic E-state index is 0.291. The lowest BCUT2D eigenvalue weighted by atomic mass is 9.89. The minimum absolute atomic E-state index is 0.291. The van der Waals surface area contributed by atoms with Crippen LogP contribution in [0.2, 0.25) is 0 Å². The molecule has 1 aliphatic rings. The summed E-state index contributed by atoms with van der Waals surface area (Å²) >= 11 is 0. The Balaban J connectivity index is 1.89. The summed E-state index contributed by atoms with van der Waals surface area (Å²) in [5.74, 6) is 0.745. The smallest absolute Gasteiger partial charge is 0.145 e. The molecule has 1 unspecified atom stereocenters. The molecule has 132 valence electrons. The van der Waals surface area contributed by atoms with Gasteiger partial charge in [-0.25, -0.2) is 4.98 Å². The standard InChI is InChI=1S/C24H26N2/c1-4-5-7-17-10-11-21-19(14-17)18-8-6-9-20(24(3)15-16(24)2)22(18)23-25-12-13-26(21)23/h6,8-14,16H,4-5,7,15H2,1-3H3/t16-,24?/m0/s1. The zero-order chi connectivity index (χ0) is 17.9. The predicted molar refractivity (Wildman–Crippen MR) is 110 cm³/mol. The van der Waals surface area contributed by atoms with Gasteiger partial charge in [-0.15, -0.1) is 0 Å².